The van der Waals surface area contributed by atoms with E-state index in [1.54, 1.807) is 7.11 Å². The summed E-state index contributed by atoms with van der Waals surface area (Å²) < 4.78 is 10.6. The van der Waals surface area contributed by atoms with Crippen molar-refractivity contribution in [3.63, 3.8) is 0 Å². The van der Waals surface area contributed by atoms with Crippen LogP contribution in [-0.4, -0.2) is 38.8 Å². The second kappa shape index (κ2) is 6.03. The Morgan fingerprint density at radius 2 is 2.19 bits per heavy atom. The van der Waals surface area contributed by atoms with Gasteiger partial charge in [0.25, 0.3) is 0 Å². The Bertz CT molecular complexity index is 491. The fraction of sp³-hybridized carbons (Fsp3) is 0.562. The molecule has 0 bridgehead atoms. The molecule has 0 radical (unpaired) electrons. The molecule has 1 saturated carbocycles. The SMILES string of the molecule is COc1ccc(C2(NC(=O)CC3COCCN3)CC2)cc1. The highest BCUT2D eigenvalue weighted by molar-refractivity contribution is 5.78. The molecule has 114 valence electrons. The van der Waals surface area contributed by atoms with Crippen LogP contribution in [0, 0.1) is 0 Å². The first-order valence-corrected chi connectivity index (χ1v) is 7.48. The van der Waals surface area contributed by atoms with Gasteiger partial charge in [-0.25, -0.2) is 0 Å². The van der Waals surface area contributed by atoms with Gasteiger partial charge in [-0.05, 0) is 30.5 Å². The van der Waals surface area contributed by atoms with Crippen LogP contribution in [0.15, 0.2) is 24.3 Å². The van der Waals surface area contributed by atoms with Crippen molar-refractivity contribution >= 4 is 5.91 Å². The smallest absolute Gasteiger partial charge is 0.222 e. The molecule has 2 N–H and O–H groups in total. The summed E-state index contributed by atoms with van der Waals surface area (Å²) >= 11 is 0. The summed E-state index contributed by atoms with van der Waals surface area (Å²) in [6, 6.07) is 8.09. The van der Waals surface area contributed by atoms with E-state index in [2.05, 4.69) is 10.6 Å². The van der Waals surface area contributed by atoms with Gasteiger partial charge in [0.05, 0.1) is 25.9 Å². The molecule has 1 heterocycles. The second-order valence-corrected chi connectivity index (χ2v) is 5.79. The molecule has 0 spiro atoms. The van der Waals surface area contributed by atoms with E-state index in [0.29, 0.717) is 13.0 Å². The maximum Gasteiger partial charge on any atom is 0.222 e. The normalized spacial score (nSPS) is 23.4. The number of rotatable bonds is 5. The van der Waals surface area contributed by atoms with Crippen LogP contribution in [0.25, 0.3) is 0 Å². The average molecular weight is 290 g/mol. The van der Waals surface area contributed by atoms with E-state index in [1.165, 1.54) is 0 Å². The van der Waals surface area contributed by atoms with E-state index in [9.17, 15) is 4.79 Å². The lowest BCUT2D eigenvalue weighted by molar-refractivity contribution is -0.123. The van der Waals surface area contributed by atoms with Crippen LogP contribution >= 0.6 is 0 Å². The zero-order chi connectivity index (χ0) is 14.7. The average Bonchev–Trinajstić information content (AvgIpc) is 3.29. The number of methoxy groups -OCH3 is 1. The molecule has 2 aliphatic rings. The summed E-state index contributed by atoms with van der Waals surface area (Å²) in [5, 5.41) is 6.50. The molecule has 0 aromatic heterocycles. The molecule has 1 aliphatic heterocycles. The fourth-order valence-electron chi connectivity index (χ4n) is 2.81. The minimum atomic E-state index is -0.168. The Kier molecular flexibility index (Phi) is 4.12. The Morgan fingerprint density at radius 1 is 1.43 bits per heavy atom. The first-order chi connectivity index (χ1) is 10.2. The van der Waals surface area contributed by atoms with Crippen molar-refractivity contribution in [2.75, 3.05) is 26.9 Å². The van der Waals surface area contributed by atoms with E-state index < -0.39 is 0 Å². The van der Waals surface area contributed by atoms with Gasteiger partial charge in [-0.2, -0.15) is 0 Å². The molecule has 1 aromatic rings. The van der Waals surface area contributed by atoms with Gasteiger partial charge < -0.3 is 20.1 Å². The van der Waals surface area contributed by atoms with E-state index >= 15 is 0 Å². The number of nitrogens with one attached hydrogen (secondary N) is 2. The summed E-state index contributed by atoms with van der Waals surface area (Å²) in [6.07, 6.45) is 2.47. The molecule has 21 heavy (non-hydrogen) atoms. The van der Waals surface area contributed by atoms with Gasteiger partial charge in [0.1, 0.15) is 5.75 Å². The lowest BCUT2D eigenvalue weighted by Crippen LogP contribution is -2.45. The molecule has 3 rings (SSSR count). The minimum Gasteiger partial charge on any atom is -0.497 e. The summed E-state index contributed by atoms with van der Waals surface area (Å²) in [7, 11) is 1.66. The van der Waals surface area contributed by atoms with Gasteiger partial charge in [0, 0.05) is 19.0 Å². The van der Waals surface area contributed by atoms with E-state index in [-0.39, 0.29) is 17.5 Å². The number of carbonyl (C=O) groups is 1. The third-order valence-corrected chi connectivity index (χ3v) is 4.20. The monoisotopic (exact) mass is 290 g/mol. The quantitative estimate of drug-likeness (QED) is 0.855. The number of amides is 1. The second-order valence-electron chi connectivity index (χ2n) is 5.79. The molecule has 1 aliphatic carbocycles. The maximum absolute atomic E-state index is 12.2. The van der Waals surface area contributed by atoms with Crippen molar-refractivity contribution in [3.8, 4) is 5.75 Å². The molecule has 2 fully saturated rings. The molecule has 1 saturated heterocycles. The van der Waals surface area contributed by atoms with Crippen LogP contribution in [0.1, 0.15) is 24.8 Å². The molecule has 1 amide bonds. The van der Waals surface area contributed by atoms with Crippen LogP contribution < -0.4 is 15.4 Å². The van der Waals surface area contributed by atoms with Gasteiger partial charge >= 0.3 is 0 Å². The van der Waals surface area contributed by atoms with Gasteiger partial charge in [-0.3, -0.25) is 4.79 Å². The van der Waals surface area contributed by atoms with Crippen molar-refractivity contribution in [1.82, 2.24) is 10.6 Å². The number of ether oxygens (including phenoxy) is 2. The van der Waals surface area contributed by atoms with E-state index in [4.69, 9.17) is 9.47 Å². The number of benzene rings is 1. The standard InChI is InChI=1S/C16H22N2O3/c1-20-14-4-2-12(3-5-14)16(6-7-16)18-15(19)10-13-11-21-9-8-17-13/h2-5,13,17H,6-11H2,1H3,(H,18,19). The highest BCUT2D eigenvalue weighted by Gasteiger charge is 2.45. The fourth-order valence-corrected chi connectivity index (χ4v) is 2.81. The predicted octanol–water partition coefficient (Wildman–Crippen LogP) is 1.18. The van der Waals surface area contributed by atoms with Crippen molar-refractivity contribution < 1.29 is 14.3 Å². The van der Waals surface area contributed by atoms with Crippen molar-refractivity contribution in [2.24, 2.45) is 0 Å². The lowest BCUT2D eigenvalue weighted by atomic mass is 10.0. The van der Waals surface area contributed by atoms with Crippen LogP contribution in [0.2, 0.25) is 0 Å². The maximum atomic E-state index is 12.2. The van der Waals surface area contributed by atoms with Crippen LogP contribution in [0.5, 0.6) is 5.75 Å². The van der Waals surface area contributed by atoms with Gasteiger partial charge in [-0.15, -0.1) is 0 Å². The highest BCUT2D eigenvalue weighted by Crippen LogP contribution is 2.45. The third kappa shape index (κ3) is 3.36. The van der Waals surface area contributed by atoms with Crippen molar-refractivity contribution in [3.05, 3.63) is 29.8 Å². The lowest BCUT2D eigenvalue weighted by Gasteiger charge is -2.25. The Morgan fingerprint density at radius 3 is 2.76 bits per heavy atom. The highest BCUT2D eigenvalue weighted by atomic mass is 16.5. The molecule has 1 aromatic carbocycles. The summed E-state index contributed by atoms with van der Waals surface area (Å²) in [5.74, 6) is 0.927. The molecule has 1 unspecified atom stereocenters. The Hall–Kier alpha value is -1.59. The molecular formula is C16H22N2O3. The van der Waals surface area contributed by atoms with Crippen molar-refractivity contribution in [2.45, 2.75) is 30.8 Å². The van der Waals surface area contributed by atoms with Gasteiger partial charge in [-0.1, -0.05) is 12.1 Å². The topological polar surface area (TPSA) is 59.6 Å². The van der Waals surface area contributed by atoms with Gasteiger partial charge in [0.2, 0.25) is 5.91 Å². The Labute approximate surface area is 125 Å². The molecule has 1 atom stereocenters. The number of morpholine rings is 1. The third-order valence-electron chi connectivity index (χ3n) is 4.20. The van der Waals surface area contributed by atoms with Gasteiger partial charge in [0.15, 0.2) is 0 Å². The van der Waals surface area contributed by atoms with Crippen LogP contribution in [0.4, 0.5) is 0 Å². The van der Waals surface area contributed by atoms with Crippen LogP contribution in [-0.2, 0) is 15.1 Å². The minimum absolute atomic E-state index is 0.0892. The zero-order valence-electron chi connectivity index (χ0n) is 12.4. The first-order valence-electron chi connectivity index (χ1n) is 7.48. The summed E-state index contributed by atoms with van der Waals surface area (Å²) in [5.41, 5.74) is 0.989. The number of carbonyl (C=O) groups excluding carboxylic acids is 1. The Balaban J connectivity index is 1.58. The zero-order valence-corrected chi connectivity index (χ0v) is 12.4. The largest absolute Gasteiger partial charge is 0.497 e. The number of hydrogen-bond donors (Lipinski definition) is 2. The summed E-state index contributed by atoms with van der Waals surface area (Å²) in [4.78, 5) is 12.2. The van der Waals surface area contributed by atoms with E-state index in [1.807, 2.05) is 24.3 Å². The number of hydrogen-bond acceptors (Lipinski definition) is 4. The molecule has 5 heteroatoms. The van der Waals surface area contributed by atoms with E-state index in [0.717, 1.165) is 37.3 Å². The summed E-state index contributed by atoms with van der Waals surface area (Å²) in [6.45, 7) is 2.17. The molecular weight excluding hydrogens is 268 g/mol. The van der Waals surface area contributed by atoms with Crippen LogP contribution in [0.3, 0.4) is 0 Å². The first kappa shape index (κ1) is 14.4. The molecule has 5 nitrogen and oxygen atoms in total. The predicted molar refractivity (Wildman–Crippen MR) is 79.3 cm³/mol. The van der Waals surface area contributed by atoms with Crippen molar-refractivity contribution in [1.29, 1.82) is 0 Å².